The third kappa shape index (κ3) is 4.33. The Kier molecular flexibility index (Phi) is 5.86. The molecule has 1 N–H and O–H groups in total. The number of likely N-dealkylation sites (tertiary alicyclic amines) is 1. The molecule has 1 aromatic heterocycles. The molecule has 0 aliphatic carbocycles. The van der Waals surface area contributed by atoms with Gasteiger partial charge in [0.15, 0.2) is 0 Å². The number of aromatic nitrogens is 1. The smallest absolute Gasteiger partial charge is 0.226 e. The minimum Gasteiger partial charge on any atom is -0.366 e. The Morgan fingerprint density at radius 1 is 1.04 bits per heavy atom. The maximum absolute atomic E-state index is 14.0. The fourth-order valence-electron chi connectivity index (χ4n) is 4.34. The fourth-order valence-corrected chi connectivity index (χ4v) is 4.34. The van der Waals surface area contributed by atoms with Gasteiger partial charge in [-0.05, 0) is 24.3 Å². The predicted molar refractivity (Wildman–Crippen MR) is 107 cm³/mol. The molecule has 2 aromatic rings. The average Bonchev–Trinajstić information content (AvgIpc) is 2.75. The standard InChI is InChI=1S/C22H27FN4O/c23-20-6-1-2-7-21(20)26-13-15-27(16-14-26)22(28)18-8-11-25(12-9-18)17-19-5-3-4-10-24-19/h1-7,10,18H,8-9,11-17H2/p+1. The number of carbonyl (C=O) groups excluding carboxylic acids is 1. The number of nitrogens with one attached hydrogen (secondary N) is 1. The Labute approximate surface area is 165 Å². The molecule has 1 aromatic carbocycles. The monoisotopic (exact) mass is 383 g/mol. The Hall–Kier alpha value is -2.47. The second kappa shape index (κ2) is 8.69. The van der Waals surface area contributed by atoms with Crippen molar-refractivity contribution in [3.8, 4) is 0 Å². The van der Waals surface area contributed by atoms with Crippen LogP contribution in [0.15, 0.2) is 48.7 Å². The number of amides is 1. The Balaban J connectivity index is 1.25. The first-order valence-electron chi connectivity index (χ1n) is 10.2. The van der Waals surface area contributed by atoms with Crippen LogP contribution in [0.1, 0.15) is 18.5 Å². The van der Waals surface area contributed by atoms with E-state index in [1.807, 2.05) is 40.3 Å². The number of piperidine rings is 1. The fraction of sp³-hybridized carbons (Fsp3) is 0.455. The molecule has 2 fully saturated rings. The van der Waals surface area contributed by atoms with Crippen LogP contribution >= 0.6 is 0 Å². The normalized spacial score (nSPS) is 22.9. The van der Waals surface area contributed by atoms with Crippen molar-refractivity contribution >= 4 is 11.6 Å². The van der Waals surface area contributed by atoms with Gasteiger partial charge in [-0.2, -0.15) is 0 Å². The molecule has 2 aliphatic rings. The summed E-state index contributed by atoms with van der Waals surface area (Å²) in [6.45, 7) is 5.70. The summed E-state index contributed by atoms with van der Waals surface area (Å²) in [7, 11) is 0. The zero-order chi connectivity index (χ0) is 19.3. The topological polar surface area (TPSA) is 40.9 Å². The minimum atomic E-state index is -0.189. The quantitative estimate of drug-likeness (QED) is 0.867. The summed E-state index contributed by atoms with van der Waals surface area (Å²) in [6.07, 6.45) is 3.72. The Morgan fingerprint density at radius 3 is 2.43 bits per heavy atom. The van der Waals surface area contributed by atoms with Crippen LogP contribution in [0.3, 0.4) is 0 Å². The summed E-state index contributed by atoms with van der Waals surface area (Å²) < 4.78 is 14.0. The first-order chi connectivity index (χ1) is 13.7. The number of quaternary nitrogens is 1. The summed E-state index contributed by atoms with van der Waals surface area (Å²) in [5.74, 6) is 0.225. The molecule has 2 aliphatic heterocycles. The molecule has 2 saturated heterocycles. The van der Waals surface area contributed by atoms with E-state index in [4.69, 9.17) is 0 Å². The van der Waals surface area contributed by atoms with Gasteiger partial charge in [0.2, 0.25) is 5.91 Å². The summed E-state index contributed by atoms with van der Waals surface area (Å²) in [5.41, 5.74) is 1.76. The van der Waals surface area contributed by atoms with E-state index >= 15 is 0 Å². The van der Waals surface area contributed by atoms with E-state index in [1.54, 1.807) is 6.07 Å². The van der Waals surface area contributed by atoms with Gasteiger partial charge in [0.25, 0.3) is 0 Å². The third-order valence-electron chi connectivity index (χ3n) is 5.98. The number of para-hydroxylation sites is 1. The highest BCUT2D eigenvalue weighted by atomic mass is 19.1. The maximum atomic E-state index is 14.0. The molecule has 0 radical (unpaired) electrons. The largest absolute Gasteiger partial charge is 0.366 e. The molecule has 6 heteroatoms. The number of rotatable bonds is 4. The molecule has 4 rings (SSSR count). The van der Waals surface area contributed by atoms with Gasteiger partial charge in [-0.15, -0.1) is 0 Å². The van der Waals surface area contributed by atoms with E-state index in [9.17, 15) is 9.18 Å². The molecule has 28 heavy (non-hydrogen) atoms. The van der Waals surface area contributed by atoms with Gasteiger partial charge in [-0.25, -0.2) is 4.39 Å². The number of benzene rings is 1. The second-order valence-electron chi connectivity index (χ2n) is 7.79. The van der Waals surface area contributed by atoms with Gasteiger partial charge in [-0.3, -0.25) is 9.78 Å². The van der Waals surface area contributed by atoms with Gasteiger partial charge >= 0.3 is 0 Å². The number of pyridine rings is 1. The highest BCUT2D eigenvalue weighted by Crippen LogP contribution is 2.21. The van der Waals surface area contributed by atoms with E-state index in [-0.39, 0.29) is 17.6 Å². The molecule has 3 heterocycles. The molecule has 1 amide bonds. The summed E-state index contributed by atoms with van der Waals surface area (Å²) >= 11 is 0. The molecule has 0 atom stereocenters. The molecule has 5 nitrogen and oxygen atoms in total. The number of piperazine rings is 1. The van der Waals surface area contributed by atoms with E-state index in [0.717, 1.165) is 38.2 Å². The van der Waals surface area contributed by atoms with Gasteiger partial charge in [0, 0.05) is 51.1 Å². The lowest BCUT2D eigenvalue weighted by Gasteiger charge is -2.38. The summed E-state index contributed by atoms with van der Waals surface area (Å²) in [5, 5.41) is 0. The lowest BCUT2D eigenvalue weighted by Crippen LogP contribution is -3.11. The van der Waals surface area contributed by atoms with Crippen molar-refractivity contribution in [2.75, 3.05) is 44.2 Å². The van der Waals surface area contributed by atoms with Crippen molar-refractivity contribution in [1.82, 2.24) is 9.88 Å². The molecular formula is C22H28FN4O+. The van der Waals surface area contributed by atoms with Crippen molar-refractivity contribution in [2.45, 2.75) is 19.4 Å². The lowest BCUT2D eigenvalue weighted by molar-refractivity contribution is -0.919. The Bertz CT molecular complexity index is 784. The van der Waals surface area contributed by atoms with E-state index in [0.29, 0.717) is 31.9 Å². The molecule has 0 unspecified atom stereocenters. The minimum absolute atomic E-state index is 0.132. The van der Waals surface area contributed by atoms with Gasteiger partial charge in [0.05, 0.1) is 24.5 Å². The van der Waals surface area contributed by atoms with Crippen LogP contribution in [0.25, 0.3) is 0 Å². The lowest BCUT2D eigenvalue weighted by atomic mass is 9.95. The number of anilines is 1. The van der Waals surface area contributed by atoms with Crippen molar-refractivity contribution in [3.05, 3.63) is 60.2 Å². The molecule has 148 valence electrons. The van der Waals surface area contributed by atoms with Gasteiger partial charge < -0.3 is 14.7 Å². The van der Waals surface area contributed by atoms with Crippen LogP contribution in [0, 0.1) is 11.7 Å². The molecular weight excluding hydrogens is 355 g/mol. The number of hydrogen-bond donors (Lipinski definition) is 1. The van der Waals surface area contributed by atoms with Crippen LogP contribution in [0.4, 0.5) is 10.1 Å². The van der Waals surface area contributed by atoms with E-state index in [1.165, 1.54) is 11.0 Å². The van der Waals surface area contributed by atoms with Crippen LogP contribution in [0.5, 0.6) is 0 Å². The van der Waals surface area contributed by atoms with E-state index < -0.39 is 0 Å². The van der Waals surface area contributed by atoms with Crippen molar-refractivity contribution in [2.24, 2.45) is 5.92 Å². The zero-order valence-corrected chi connectivity index (χ0v) is 16.2. The average molecular weight is 383 g/mol. The van der Waals surface area contributed by atoms with Crippen LogP contribution in [-0.2, 0) is 11.3 Å². The van der Waals surface area contributed by atoms with Crippen LogP contribution in [0.2, 0.25) is 0 Å². The van der Waals surface area contributed by atoms with E-state index in [2.05, 4.69) is 11.1 Å². The second-order valence-corrected chi connectivity index (χ2v) is 7.79. The SMILES string of the molecule is O=C(C1CC[NH+](Cc2ccccn2)CC1)N1CCN(c2ccccc2F)CC1. The van der Waals surface area contributed by atoms with Gasteiger partial charge in [0.1, 0.15) is 12.4 Å². The highest BCUT2D eigenvalue weighted by molar-refractivity contribution is 5.79. The van der Waals surface area contributed by atoms with Gasteiger partial charge in [-0.1, -0.05) is 18.2 Å². The number of carbonyl (C=O) groups is 1. The predicted octanol–water partition coefficient (Wildman–Crippen LogP) is 1.36. The number of halogens is 1. The maximum Gasteiger partial charge on any atom is 0.226 e. The van der Waals surface area contributed by atoms with Crippen LogP contribution in [-0.4, -0.2) is 55.1 Å². The first-order valence-corrected chi connectivity index (χ1v) is 10.2. The zero-order valence-electron chi connectivity index (χ0n) is 16.2. The molecule has 0 bridgehead atoms. The van der Waals surface area contributed by atoms with Crippen molar-refractivity contribution in [3.63, 3.8) is 0 Å². The number of hydrogen-bond acceptors (Lipinski definition) is 3. The van der Waals surface area contributed by atoms with Crippen molar-refractivity contribution < 1.29 is 14.1 Å². The van der Waals surface area contributed by atoms with Crippen molar-refractivity contribution in [1.29, 1.82) is 0 Å². The molecule has 0 saturated carbocycles. The van der Waals surface area contributed by atoms with Crippen LogP contribution < -0.4 is 9.80 Å². The molecule has 0 spiro atoms. The third-order valence-corrected chi connectivity index (χ3v) is 5.98. The highest BCUT2D eigenvalue weighted by Gasteiger charge is 2.32. The summed E-state index contributed by atoms with van der Waals surface area (Å²) in [6, 6.07) is 12.9. The summed E-state index contributed by atoms with van der Waals surface area (Å²) in [4.78, 5) is 22.9. The number of nitrogens with zero attached hydrogens (tertiary/aromatic N) is 3. The Morgan fingerprint density at radius 2 is 1.75 bits per heavy atom. The first kappa shape index (κ1) is 18.9.